The number of hydrazine groups is 1. The lowest BCUT2D eigenvalue weighted by Crippen LogP contribution is -2.58. The van der Waals surface area contributed by atoms with Gasteiger partial charge in [-0.3, -0.25) is 15.0 Å². The summed E-state index contributed by atoms with van der Waals surface area (Å²) in [7, 11) is -3.54. The third-order valence-electron chi connectivity index (χ3n) is 6.48. The van der Waals surface area contributed by atoms with E-state index in [1.54, 1.807) is 46.5 Å². The van der Waals surface area contributed by atoms with Gasteiger partial charge in [-0.15, -0.1) is 0 Å². The van der Waals surface area contributed by atoms with E-state index in [-0.39, 0.29) is 22.5 Å². The molecule has 0 saturated carbocycles. The van der Waals surface area contributed by atoms with Crippen LogP contribution in [0.2, 0.25) is 0 Å². The van der Waals surface area contributed by atoms with E-state index in [4.69, 9.17) is 0 Å². The smallest absolute Gasteiger partial charge is 0.295 e. The lowest BCUT2D eigenvalue weighted by molar-refractivity contribution is -0.120. The van der Waals surface area contributed by atoms with Crippen molar-refractivity contribution in [2.75, 3.05) is 29.5 Å². The van der Waals surface area contributed by atoms with E-state index in [2.05, 4.69) is 10.4 Å². The Morgan fingerprint density at radius 2 is 1.76 bits per heavy atom. The maximum Gasteiger partial charge on any atom is 0.295 e. The van der Waals surface area contributed by atoms with Crippen LogP contribution in [0.15, 0.2) is 58.4 Å². The Labute approximate surface area is 199 Å². The summed E-state index contributed by atoms with van der Waals surface area (Å²) in [6.45, 7) is 3.16. The molecule has 34 heavy (non-hydrogen) atoms. The molecule has 0 aliphatic carbocycles. The molecule has 0 bridgehead atoms. The van der Waals surface area contributed by atoms with Crippen molar-refractivity contribution >= 4 is 39.0 Å². The minimum Gasteiger partial charge on any atom is -0.305 e. The van der Waals surface area contributed by atoms with Crippen LogP contribution in [-0.4, -0.2) is 56.0 Å². The average molecular weight is 482 g/mol. The normalized spacial score (nSPS) is 21.1. The number of hydrogen-bond acceptors (Lipinski definition) is 6. The Morgan fingerprint density at radius 1 is 1.03 bits per heavy atom. The first-order chi connectivity index (χ1) is 16.4. The van der Waals surface area contributed by atoms with Crippen LogP contribution in [0.5, 0.6) is 0 Å². The number of nitrogens with one attached hydrogen (secondary N) is 1. The molecule has 10 heteroatoms. The number of anilines is 2. The Balaban J connectivity index is 1.39. The monoisotopic (exact) mass is 481 g/mol. The number of aliphatic imine (C=N–C) groups is 1. The van der Waals surface area contributed by atoms with E-state index in [0.717, 1.165) is 24.8 Å². The van der Waals surface area contributed by atoms with E-state index in [9.17, 15) is 18.0 Å². The van der Waals surface area contributed by atoms with Gasteiger partial charge in [0.2, 0.25) is 15.9 Å². The molecule has 9 nitrogen and oxygen atoms in total. The van der Waals surface area contributed by atoms with Crippen LogP contribution in [0.25, 0.3) is 0 Å². The predicted molar refractivity (Wildman–Crippen MR) is 129 cm³/mol. The zero-order valence-electron chi connectivity index (χ0n) is 19.0. The number of fused-ring (bicyclic) bond motifs is 1. The molecule has 1 saturated heterocycles. The van der Waals surface area contributed by atoms with Crippen molar-refractivity contribution in [2.45, 2.75) is 43.5 Å². The fraction of sp³-hybridized carbons (Fsp3) is 0.375. The van der Waals surface area contributed by atoms with Gasteiger partial charge in [0.1, 0.15) is 6.04 Å². The lowest BCUT2D eigenvalue weighted by atomic mass is 10.2. The summed E-state index contributed by atoms with van der Waals surface area (Å²) < 4.78 is 27.7. The number of para-hydroxylation sites is 1. The van der Waals surface area contributed by atoms with E-state index in [1.807, 2.05) is 18.2 Å². The minimum absolute atomic E-state index is 0.0776. The summed E-state index contributed by atoms with van der Waals surface area (Å²) in [5, 5.41) is 1.34. The minimum atomic E-state index is -3.54. The molecule has 178 valence electrons. The SMILES string of the molecule is CC1N=C(C(=O)N2CCc3cc(S(=O)(=O)N4CCCCC4)ccc32)NN(c2ccccc2)C1=O. The number of benzene rings is 2. The van der Waals surface area contributed by atoms with E-state index < -0.39 is 16.1 Å². The maximum atomic E-state index is 13.4. The first-order valence-corrected chi connectivity index (χ1v) is 13.0. The number of amidine groups is 1. The lowest BCUT2D eigenvalue weighted by Gasteiger charge is -2.32. The van der Waals surface area contributed by atoms with Gasteiger partial charge in [-0.05, 0) is 62.1 Å². The summed E-state index contributed by atoms with van der Waals surface area (Å²) in [5.74, 6) is -0.531. The van der Waals surface area contributed by atoms with Crippen LogP contribution >= 0.6 is 0 Å². The maximum absolute atomic E-state index is 13.4. The van der Waals surface area contributed by atoms with Crippen molar-refractivity contribution < 1.29 is 18.0 Å². The number of piperidine rings is 1. The number of carbonyl (C=O) groups excluding carboxylic acids is 2. The second-order valence-corrected chi connectivity index (χ2v) is 10.7. The number of amides is 2. The van der Waals surface area contributed by atoms with Gasteiger partial charge >= 0.3 is 0 Å². The molecule has 0 spiro atoms. The fourth-order valence-corrected chi connectivity index (χ4v) is 6.20. The number of hydrogen-bond donors (Lipinski definition) is 1. The first-order valence-electron chi connectivity index (χ1n) is 11.5. The second-order valence-electron chi connectivity index (χ2n) is 8.74. The van der Waals surface area contributed by atoms with Crippen molar-refractivity contribution in [1.29, 1.82) is 0 Å². The highest BCUT2D eigenvalue weighted by Gasteiger charge is 2.36. The Bertz CT molecular complexity index is 1260. The molecule has 2 aromatic carbocycles. The van der Waals surface area contributed by atoms with Crippen molar-refractivity contribution in [3.8, 4) is 0 Å². The highest BCUT2D eigenvalue weighted by molar-refractivity contribution is 7.89. The molecule has 0 radical (unpaired) electrons. The van der Waals surface area contributed by atoms with Crippen LogP contribution in [0, 0.1) is 0 Å². The molecule has 1 atom stereocenters. The van der Waals surface area contributed by atoms with Gasteiger partial charge < -0.3 is 4.90 Å². The third kappa shape index (κ3) is 3.97. The van der Waals surface area contributed by atoms with Crippen LogP contribution < -0.4 is 15.3 Å². The van der Waals surface area contributed by atoms with Crippen LogP contribution in [0.4, 0.5) is 11.4 Å². The van der Waals surface area contributed by atoms with Crippen LogP contribution in [0.3, 0.4) is 0 Å². The predicted octanol–water partition coefficient (Wildman–Crippen LogP) is 2.09. The average Bonchev–Trinajstić information content (AvgIpc) is 3.29. The summed E-state index contributed by atoms with van der Waals surface area (Å²) in [6.07, 6.45) is 3.36. The zero-order valence-corrected chi connectivity index (χ0v) is 19.8. The van der Waals surface area contributed by atoms with Crippen molar-refractivity contribution in [3.63, 3.8) is 0 Å². The molecule has 3 aliphatic heterocycles. The Hall–Kier alpha value is -3.24. The fourth-order valence-electron chi connectivity index (χ4n) is 4.63. The van der Waals surface area contributed by atoms with Gasteiger partial charge in [0.05, 0.1) is 10.6 Å². The van der Waals surface area contributed by atoms with Gasteiger partial charge in [0.25, 0.3) is 11.8 Å². The zero-order chi connectivity index (χ0) is 23.9. The molecule has 0 aromatic heterocycles. The Kier molecular flexibility index (Phi) is 5.86. The van der Waals surface area contributed by atoms with E-state index in [1.165, 1.54) is 5.01 Å². The molecule has 2 amide bonds. The standard InChI is InChI=1S/C24H27N5O4S/c1-17-23(30)29(19-8-4-2-5-9-19)26-22(25-17)24(31)28-15-12-18-16-20(10-11-21(18)28)34(32,33)27-13-6-3-7-14-27/h2,4-5,8-11,16-17H,3,6-7,12-15H2,1H3,(H,25,26). The van der Waals surface area contributed by atoms with Crippen molar-refractivity contribution in [1.82, 2.24) is 9.73 Å². The van der Waals surface area contributed by atoms with Gasteiger partial charge in [-0.25, -0.2) is 18.4 Å². The number of rotatable bonds is 4. The molecule has 3 heterocycles. The third-order valence-corrected chi connectivity index (χ3v) is 8.37. The number of sulfonamides is 1. The van der Waals surface area contributed by atoms with Gasteiger partial charge in [-0.1, -0.05) is 24.6 Å². The van der Waals surface area contributed by atoms with Gasteiger partial charge in [0.15, 0.2) is 0 Å². The van der Waals surface area contributed by atoms with Gasteiger partial charge in [0, 0.05) is 25.3 Å². The topological polar surface area (TPSA) is 102 Å². The second kappa shape index (κ2) is 8.84. The van der Waals surface area contributed by atoms with Crippen molar-refractivity contribution in [3.05, 3.63) is 54.1 Å². The summed E-state index contributed by atoms with van der Waals surface area (Å²) in [5.41, 5.74) is 4.98. The molecule has 1 unspecified atom stereocenters. The highest BCUT2D eigenvalue weighted by atomic mass is 32.2. The Morgan fingerprint density at radius 3 is 2.50 bits per heavy atom. The summed E-state index contributed by atoms with van der Waals surface area (Å²) in [6, 6.07) is 13.3. The molecular weight excluding hydrogens is 454 g/mol. The van der Waals surface area contributed by atoms with E-state index in [0.29, 0.717) is 37.4 Å². The van der Waals surface area contributed by atoms with Crippen LogP contribution in [0.1, 0.15) is 31.7 Å². The van der Waals surface area contributed by atoms with Crippen molar-refractivity contribution in [2.24, 2.45) is 4.99 Å². The summed E-state index contributed by atoms with van der Waals surface area (Å²) >= 11 is 0. The largest absolute Gasteiger partial charge is 0.305 e. The molecular formula is C24H27N5O4S. The number of nitrogens with zero attached hydrogens (tertiary/aromatic N) is 4. The first kappa shape index (κ1) is 22.5. The molecule has 1 N–H and O–H groups in total. The number of carbonyl (C=O) groups is 2. The highest BCUT2D eigenvalue weighted by Crippen LogP contribution is 2.32. The molecule has 3 aliphatic rings. The van der Waals surface area contributed by atoms with Gasteiger partial charge in [-0.2, -0.15) is 4.31 Å². The van der Waals surface area contributed by atoms with Crippen LogP contribution in [-0.2, 0) is 26.0 Å². The molecule has 5 rings (SSSR count). The van der Waals surface area contributed by atoms with E-state index >= 15 is 0 Å². The molecule has 1 fully saturated rings. The molecule has 2 aromatic rings. The quantitative estimate of drug-likeness (QED) is 0.721. The summed E-state index contributed by atoms with van der Waals surface area (Å²) in [4.78, 5) is 32.2.